The van der Waals surface area contributed by atoms with E-state index < -0.39 is 0 Å². The number of alkyl halides is 1. The van der Waals surface area contributed by atoms with E-state index in [1.807, 2.05) is 4.57 Å². The Hall–Kier alpha value is -0.750. The number of anilines is 1. The Bertz CT molecular complexity index is 368. The number of halogens is 1. The van der Waals surface area contributed by atoms with Gasteiger partial charge in [0.15, 0.2) is 5.16 Å². The molecule has 15 heavy (non-hydrogen) atoms. The molecule has 0 unspecified atom stereocenters. The quantitative estimate of drug-likeness (QED) is 0.815. The third kappa shape index (κ3) is 2.43. The third-order valence-electron chi connectivity index (χ3n) is 2.05. The molecule has 0 aliphatic carbocycles. The minimum atomic E-state index is -0.0530. The molecule has 0 atom stereocenters. The Kier molecular flexibility index (Phi) is 3.48. The summed E-state index contributed by atoms with van der Waals surface area (Å²) in [6.07, 6.45) is 1.11. The first kappa shape index (κ1) is 10.8. The van der Waals surface area contributed by atoms with Gasteiger partial charge in [0, 0.05) is 24.6 Å². The van der Waals surface area contributed by atoms with E-state index in [0.29, 0.717) is 24.7 Å². The summed E-state index contributed by atoms with van der Waals surface area (Å²) in [5, 5.41) is 11.5. The van der Waals surface area contributed by atoms with Crippen LogP contribution in [0.1, 0.15) is 12.8 Å². The molecule has 0 saturated carbocycles. The van der Waals surface area contributed by atoms with Crippen molar-refractivity contribution in [2.75, 3.05) is 16.9 Å². The lowest BCUT2D eigenvalue weighted by Gasteiger charge is -2.03. The summed E-state index contributed by atoms with van der Waals surface area (Å²) in [6, 6.07) is 0. The van der Waals surface area contributed by atoms with Gasteiger partial charge in [0.05, 0.1) is 0 Å². The van der Waals surface area contributed by atoms with Crippen molar-refractivity contribution in [2.24, 2.45) is 0 Å². The predicted octanol–water partition coefficient (Wildman–Crippen LogP) is 1.34. The normalized spacial score (nSPS) is 13.9. The van der Waals surface area contributed by atoms with Gasteiger partial charge in [-0.3, -0.25) is 14.7 Å². The number of hydrogen-bond donors (Lipinski definition) is 1. The van der Waals surface area contributed by atoms with E-state index in [1.54, 1.807) is 11.8 Å². The van der Waals surface area contributed by atoms with E-state index in [2.05, 4.69) is 15.5 Å². The lowest BCUT2D eigenvalue weighted by atomic mass is 10.3. The zero-order valence-corrected chi connectivity index (χ0v) is 9.64. The van der Waals surface area contributed by atoms with Crippen molar-refractivity contribution in [3.8, 4) is 0 Å². The highest BCUT2D eigenvalue weighted by Crippen LogP contribution is 2.26. The van der Waals surface area contributed by atoms with Crippen LogP contribution in [-0.4, -0.2) is 32.3 Å². The number of amides is 1. The van der Waals surface area contributed by atoms with Gasteiger partial charge in [-0.25, -0.2) is 0 Å². The second-order valence-corrected chi connectivity index (χ2v) is 4.59. The van der Waals surface area contributed by atoms with Gasteiger partial charge in [-0.2, -0.15) is 0 Å². The molecule has 2 rings (SSSR count). The van der Waals surface area contributed by atoms with Crippen molar-refractivity contribution in [3.05, 3.63) is 0 Å². The van der Waals surface area contributed by atoms with Crippen LogP contribution >= 0.6 is 23.4 Å². The Morgan fingerprint density at radius 2 is 2.47 bits per heavy atom. The Balaban J connectivity index is 1.96. The Morgan fingerprint density at radius 1 is 1.60 bits per heavy atom. The van der Waals surface area contributed by atoms with E-state index >= 15 is 0 Å². The van der Waals surface area contributed by atoms with Gasteiger partial charge in [-0.15, -0.1) is 21.8 Å². The molecule has 2 heterocycles. The molecule has 0 saturated heterocycles. The summed E-state index contributed by atoms with van der Waals surface area (Å²) in [5.41, 5.74) is 0. The molecule has 0 aromatic carbocycles. The van der Waals surface area contributed by atoms with Crippen LogP contribution in [-0.2, 0) is 11.3 Å². The molecule has 0 radical (unpaired) electrons. The van der Waals surface area contributed by atoms with Crippen molar-refractivity contribution in [1.82, 2.24) is 14.8 Å². The first-order valence-electron chi connectivity index (χ1n) is 4.73. The van der Waals surface area contributed by atoms with E-state index in [-0.39, 0.29) is 5.91 Å². The SMILES string of the molecule is O=C(CCCCl)Nc1nnc2n1CCS2. The maximum absolute atomic E-state index is 11.4. The summed E-state index contributed by atoms with van der Waals surface area (Å²) in [4.78, 5) is 11.4. The van der Waals surface area contributed by atoms with Gasteiger partial charge < -0.3 is 0 Å². The van der Waals surface area contributed by atoms with Crippen LogP contribution < -0.4 is 5.32 Å². The zero-order chi connectivity index (χ0) is 10.7. The number of carbonyl (C=O) groups is 1. The average Bonchev–Trinajstić information content (AvgIpc) is 2.80. The maximum atomic E-state index is 11.4. The van der Waals surface area contributed by atoms with Crippen molar-refractivity contribution in [1.29, 1.82) is 0 Å². The van der Waals surface area contributed by atoms with E-state index in [9.17, 15) is 4.79 Å². The summed E-state index contributed by atoms with van der Waals surface area (Å²) in [5.74, 6) is 1.99. The fourth-order valence-corrected chi connectivity index (χ4v) is 2.35. The van der Waals surface area contributed by atoms with Crippen LogP contribution in [0, 0.1) is 0 Å². The Labute approximate surface area is 96.6 Å². The molecule has 1 amide bonds. The number of aromatic nitrogens is 3. The number of hydrogen-bond acceptors (Lipinski definition) is 4. The van der Waals surface area contributed by atoms with Crippen molar-refractivity contribution in [2.45, 2.75) is 24.5 Å². The highest BCUT2D eigenvalue weighted by atomic mass is 35.5. The van der Waals surface area contributed by atoms with Crippen molar-refractivity contribution in [3.63, 3.8) is 0 Å². The molecular formula is C8H11ClN4OS. The van der Waals surface area contributed by atoms with Crippen LogP contribution in [0.2, 0.25) is 0 Å². The molecule has 1 N–H and O–H groups in total. The van der Waals surface area contributed by atoms with Gasteiger partial charge in [-0.1, -0.05) is 11.8 Å². The predicted molar refractivity (Wildman–Crippen MR) is 59.3 cm³/mol. The second kappa shape index (κ2) is 4.85. The molecule has 1 aromatic heterocycles. The first-order valence-corrected chi connectivity index (χ1v) is 6.25. The smallest absolute Gasteiger partial charge is 0.231 e. The van der Waals surface area contributed by atoms with Crippen LogP contribution in [0.15, 0.2) is 5.16 Å². The van der Waals surface area contributed by atoms with E-state index in [0.717, 1.165) is 17.5 Å². The molecule has 0 spiro atoms. The molecule has 0 fully saturated rings. The second-order valence-electron chi connectivity index (χ2n) is 3.15. The highest BCUT2D eigenvalue weighted by Gasteiger charge is 2.18. The van der Waals surface area contributed by atoms with Crippen LogP contribution in [0.25, 0.3) is 0 Å². The minimum Gasteiger partial charge on any atom is -0.295 e. The number of fused-ring (bicyclic) bond motifs is 1. The lowest BCUT2D eigenvalue weighted by Crippen LogP contribution is -2.15. The standard InChI is InChI=1S/C8H11ClN4OS/c9-3-1-2-6(14)10-7-11-12-8-13(7)4-5-15-8/h1-5H2,(H,10,11,14). The van der Waals surface area contributed by atoms with Crippen molar-refractivity contribution >= 4 is 35.2 Å². The summed E-state index contributed by atoms with van der Waals surface area (Å²) < 4.78 is 1.92. The fourth-order valence-electron chi connectivity index (χ4n) is 1.33. The average molecular weight is 247 g/mol. The van der Waals surface area contributed by atoms with Gasteiger partial charge in [-0.05, 0) is 6.42 Å². The van der Waals surface area contributed by atoms with E-state index in [1.165, 1.54) is 0 Å². The minimum absolute atomic E-state index is 0.0530. The van der Waals surface area contributed by atoms with Crippen LogP contribution in [0.3, 0.4) is 0 Å². The first-order chi connectivity index (χ1) is 7.31. The molecule has 7 heteroatoms. The summed E-state index contributed by atoms with van der Waals surface area (Å²) >= 11 is 7.16. The highest BCUT2D eigenvalue weighted by molar-refractivity contribution is 7.99. The number of rotatable bonds is 4. The lowest BCUT2D eigenvalue weighted by molar-refractivity contribution is -0.116. The van der Waals surface area contributed by atoms with Gasteiger partial charge in [0.1, 0.15) is 0 Å². The largest absolute Gasteiger partial charge is 0.295 e. The molecule has 1 aliphatic rings. The molecule has 82 valence electrons. The zero-order valence-electron chi connectivity index (χ0n) is 8.07. The number of thioether (sulfide) groups is 1. The maximum Gasteiger partial charge on any atom is 0.231 e. The molecule has 1 aliphatic heterocycles. The van der Waals surface area contributed by atoms with Gasteiger partial charge in [0.2, 0.25) is 11.9 Å². The fraction of sp³-hybridized carbons (Fsp3) is 0.625. The van der Waals surface area contributed by atoms with Crippen molar-refractivity contribution < 1.29 is 4.79 Å². The molecule has 1 aromatic rings. The third-order valence-corrected chi connectivity index (χ3v) is 3.27. The van der Waals surface area contributed by atoms with Gasteiger partial charge >= 0.3 is 0 Å². The summed E-state index contributed by atoms with van der Waals surface area (Å²) in [7, 11) is 0. The monoisotopic (exact) mass is 246 g/mol. The number of nitrogens with zero attached hydrogens (tertiary/aromatic N) is 3. The van der Waals surface area contributed by atoms with Crippen LogP contribution in [0.5, 0.6) is 0 Å². The summed E-state index contributed by atoms with van der Waals surface area (Å²) in [6.45, 7) is 0.859. The molecular weight excluding hydrogens is 236 g/mol. The van der Waals surface area contributed by atoms with Gasteiger partial charge in [0.25, 0.3) is 0 Å². The Morgan fingerprint density at radius 3 is 3.27 bits per heavy atom. The molecule has 0 bridgehead atoms. The topological polar surface area (TPSA) is 59.8 Å². The van der Waals surface area contributed by atoms with Crippen LogP contribution in [0.4, 0.5) is 5.95 Å². The number of nitrogens with one attached hydrogen (secondary N) is 1. The number of carbonyl (C=O) groups excluding carboxylic acids is 1. The molecule has 5 nitrogen and oxygen atoms in total. The van der Waals surface area contributed by atoms with E-state index in [4.69, 9.17) is 11.6 Å².